The average molecular weight is 362 g/mol. The molecule has 0 heterocycles. The predicted molar refractivity (Wildman–Crippen MR) is 98.1 cm³/mol. The number of halogens is 2. The van der Waals surface area contributed by atoms with Crippen molar-refractivity contribution >= 4 is 23.2 Å². The van der Waals surface area contributed by atoms with Gasteiger partial charge in [0.25, 0.3) is 5.91 Å². The zero-order valence-corrected chi connectivity index (χ0v) is 14.5. The second kappa shape index (κ2) is 7.42. The monoisotopic (exact) mass is 361 g/mol. The van der Waals surface area contributed by atoms with Gasteiger partial charge in [-0.1, -0.05) is 29.8 Å². The summed E-state index contributed by atoms with van der Waals surface area (Å²) in [6, 6.07) is 13.4. The molecule has 1 fully saturated rings. The maximum Gasteiger partial charge on any atom is 0.253 e. The molecule has 1 saturated carbocycles. The summed E-state index contributed by atoms with van der Waals surface area (Å²) in [6.07, 6.45) is 3.11. The Balaban J connectivity index is 1.85. The summed E-state index contributed by atoms with van der Waals surface area (Å²) in [4.78, 5) is 12.7. The molecule has 0 bridgehead atoms. The van der Waals surface area contributed by atoms with E-state index >= 15 is 0 Å². The van der Waals surface area contributed by atoms with Gasteiger partial charge in [0.2, 0.25) is 0 Å². The standard InChI is InChI=1S/C19H21ClFN3O/c20-16-11-15(8-9-17(16)21)23-19(10-4-7-14(22)12-19)24-18(25)13-5-2-1-3-6-13/h1-3,5-6,8-9,11,14,23H,4,7,10,12,22H2,(H,24,25). The molecule has 4 N–H and O–H groups in total. The van der Waals surface area contributed by atoms with E-state index in [1.54, 1.807) is 18.2 Å². The summed E-state index contributed by atoms with van der Waals surface area (Å²) in [5.41, 5.74) is 6.70. The lowest BCUT2D eigenvalue weighted by Crippen LogP contribution is -2.59. The van der Waals surface area contributed by atoms with Crippen LogP contribution in [-0.4, -0.2) is 17.6 Å². The van der Waals surface area contributed by atoms with E-state index in [2.05, 4.69) is 10.6 Å². The minimum Gasteiger partial charge on any atom is -0.363 e. The van der Waals surface area contributed by atoms with E-state index in [0.29, 0.717) is 17.7 Å². The average Bonchev–Trinajstić information content (AvgIpc) is 2.59. The van der Waals surface area contributed by atoms with Crippen molar-refractivity contribution in [1.29, 1.82) is 0 Å². The fourth-order valence-electron chi connectivity index (χ4n) is 3.31. The Morgan fingerprint density at radius 3 is 2.68 bits per heavy atom. The van der Waals surface area contributed by atoms with Crippen molar-refractivity contribution in [2.75, 3.05) is 5.32 Å². The maximum absolute atomic E-state index is 13.4. The van der Waals surface area contributed by atoms with E-state index in [9.17, 15) is 9.18 Å². The van der Waals surface area contributed by atoms with Crippen molar-refractivity contribution in [3.05, 3.63) is 64.9 Å². The number of amides is 1. The number of nitrogens with two attached hydrogens (primary N) is 1. The molecule has 2 aromatic carbocycles. The number of hydrogen-bond donors (Lipinski definition) is 3. The highest BCUT2D eigenvalue weighted by molar-refractivity contribution is 6.31. The van der Waals surface area contributed by atoms with Crippen molar-refractivity contribution < 1.29 is 9.18 Å². The molecule has 2 atom stereocenters. The molecule has 0 spiro atoms. The molecule has 6 heteroatoms. The van der Waals surface area contributed by atoms with E-state index < -0.39 is 11.5 Å². The SMILES string of the molecule is NC1CCCC(NC(=O)c2ccccc2)(Nc2ccc(F)c(Cl)c2)C1. The van der Waals surface area contributed by atoms with Crippen LogP contribution in [0.4, 0.5) is 10.1 Å². The van der Waals surface area contributed by atoms with Crippen LogP contribution in [0.25, 0.3) is 0 Å². The number of rotatable bonds is 4. The van der Waals surface area contributed by atoms with Crippen LogP contribution in [0.15, 0.2) is 48.5 Å². The first-order valence-corrected chi connectivity index (χ1v) is 8.72. The number of carbonyl (C=O) groups excluding carboxylic acids is 1. The minimum atomic E-state index is -0.689. The molecule has 1 aliphatic carbocycles. The first kappa shape index (κ1) is 17.7. The minimum absolute atomic E-state index is 0.0201. The van der Waals surface area contributed by atoms with Gasteiger partial charge in [0, 0.05) is 23.7 Å². The summed E-state index contributed by atoms with van der Waals surface area (Å²) < 4.78 is 13.4. The van der Waals surface area contributed by atoms with E-state index in [-0.39, 0.29) is 17.0 Å². The summed E-state index contributed by atoms with van der Waals surface area (Å²) in [7, 11) is 0. The summed E-state index contributed by atoms with van der Waals surface area (Å²) in [5, 5.41) is 6.46. The van der Waals surface area contributed by atoms with Crippen LogP contribution in [0.1, 0.15) is 36.0 Å². The van der Waals surface area contributed by atoms with Gasteiger partial charge >= 0.3 is 0 Å². The molecule has 3 rings (SSSR count). The molecule has 2 aromatic rings. The number of hydrogen-bond acceptors (Lipinski definition) is 3. The molecule has 4 nitrogen and oxygen atoms in total. The zero-order chi connectivity index (χ0) is 17.9. The lowest BCUT2D eigenvalue weighted by atomic mass is 9.85. The Kier molecular flexibility index (Phi) is 5.25. The Hall–Kier alpha value is -2.11. The molecule has 0 saturated heterocycles. The molecular formula is C19H21ClFN3O. The van der Waals surface area contributed by atoms with Crippen molar-refractivity contribution in [2.45, 2.75) is 37.4 Å². The Labute approximate surface area is 151 Å². The molecular weight excluding hydrogens is 341 g/mol. The van der Waals surface area contributed by atoms with Crippen molar-refractivity contribution in [3.63, 3.8) is 0 Å². The highest BCUT2D eigenvalue weighted by Gasteiger charge is 2.37. The quantitative estimate of drug-likeness (QED) is 0.723. The third-order valence-corrected chi connectivity index (χ3v) is 4.77. The van der Waals surface area contributed by atoms with Crippen LogP contribution < -0.4 is 16.4 Å². The smallest absolute Gasteiger partial charge is 0.253 e. The molecule has 132 valence electrons. The number of nitrogens with one attached hydrogen (secondary N) is 2. The molecule has 0 aliphatic heterocycles. The van der Waals surface area contributed by atoms with Crippen molar-refractivity contribution in [3.8, 4) is 0 Å². The highest BCUT2D eigenvalue weighted by atomic mass is 35.5. The lowest BCUT2D eigenvalue weighted by molar-refractivity contribution is 0.0883. The molecule has 0 radical (unpaired) electrons. The predicted octanol–water partition coefficient (Wildman–Crippen LogP) is 3.92. The largest absolute Gasteiger partial charge is 0.363 e. The van der Waals surface area contributed by atoms with E-state index in [1.165, 1.54) is 12.1 Å². The van der Waals surface area contributed by atoms with E-state index in [0.717, 1.165) is 19.3 Å². The van der Waals surface area contributed by atoms with Gasteiger partial charge in [0.15, 0.2) is 0 Å². The fraction of sp³-hybridized carbons (Fsp3) is 0.316. The van der Waals surface area contributed by atoms with Crippen LogP contribution in [-0.2, 0) is 0 Å². The number of benzene rings is 2. The maximum atomic E-state index is 13.4. The summed E-state index contributed by atoms with van der Waals surface area (Å²) >= 11 is 5.88. The van der Waals surface area contributed by atoms with Gasteiger partial charge in [-0.25, -0.2) is 4.39 Å². The van der Waals surface area contributed by atoms with Crippen molar-refractivity contribution in [2.24, 2.45) is 5.73 Å². The van der Waals surface area contributed by atoms with Gasteiger partial charge in [0.1, 0.15) is 11.5 Å². The number of carbonyl (C=O) groups is 1. The Morgan fingerprint density at radius 1 is 1.24 bits per heavy atom. The van der Waals surface area contributed by atoms with Crippen LogP contribution in [0, 0.1) is 5.82 Å². The molecule has 1 aliphatic rings. The van der Waals surface area contributed by atoms with Crippen molar-refractivity contribution in [1.82, 2.24) is 5.32 Å². The van der Waals surface area contributed by atoms with Crippen LogP contribution in [0.3, 0.4) is 0 Å². The van der Waals surface area contributed by atoms with Gasteiger partial charge in [0.05, 0.1) is 5.02 Å². The number of anilines is 1. The topological polar surface area (TPSA) is 67.1 Å². The Bertz CT molecular complexity index is 756. The van der Waals surface area contributed by atoms with Gasteiger partial charge < -0.3 is 16.4 Å². The van der Waals surface area contributed by atoms with Crippen LogP contribution in [0.2, 0.25) is 5.02 Å². The summed E-state index contributed by atoms with van der Waals surface area (Å²) in [5.74, 6) is -0.648. The van der Waals surface area contributed by atoms with Gasteiger partial charge in [-0.15, -0.1) is 0 Å². The van der Waals surface area contributed by atoms with E-state index in [4.69, 9.17) is 17.3 Å². The summed E-state index contributed by atoms with van der Waals surface area (Å²) in [6.45, 7) is 0. The fourth-order valence-corrected chi connectivity index (χ4v) is 3.49. The Morgan fingerprint density at radius 2 is 2.00 bits per heavy atom. The highest BCUT2D eigenvalue weighted by Crippen LogP contribution is 2.31. The molecule has 2 unspecified atom stereocenters. The molecule has 0 aromatic heterocycles. The normalized spacial score (nSPS) is 23.1. The first-order chi connectivity index (χ1) is 12.0. The van der Waals surface area contributed by atoms with Crippen LogP contribution in [0.5, 0.6) is 0 Å². The first-order valence-electron chi connectivity index (χ1n) is 8.34. The third kappa shape index (κ3) is 4.30. The van der Waals surface area contributed by atoms with Gasteiger partial charge in [-0.3, -0.25) is 4.79 Å². The van der Waals surface area contributed by atoms with Gasteiger partial charge in [-0.2, -0.15) is 0 Å². The third-order valence-electron chi connectivity index (χ3n) is 4.48. The van der Waals surface area contributed by atoms with E-state index in [1.807, 2.05) is 18.2 Å². The van der Waals surface area contributed by atoms with Gasteiger partial charge in [-0.05, 0) is 49.6 Å². The zero-order valence-electron chi connectivity index (χ0n) is 13.8. The molecule has 1 amide bonds. The lowest BCUT2D eigenvalue weighted by Gasteiger charge is -2.42. The molecule has 25 heavy (non-hydrogen) atoms. The second-order valence-corrected chi connectivity index (χ2v) is 6.92. The second-order valence-electron chi connectivity index (χ2n) is 6.51. The van der Waals surface area contributed by atoms with Crippen LogP contribution >= 0.6 is 11.6 Å².